The van der Waals surface area contributed by atoms with Crippen LogP contribution in [0.2, 0.25) is 0 Å². The van der Waals surface area contributed by atoms with E-state index in [2.05, 4.69) is 0 Å². The Balaban J connectivity index is 2.62. The van der Waals surface area contributed by atoms with E-state index in [9.17, 15) is 13.6 Å². The number of aliphatic hydroxyl groups excluding tert-OH is 1. The van der Waals surface area contributed by atoms with Crippen molar-refractivity contribution in [3.05, 3.63) is 35.4 Å². The molecule has 1 amide bonds. The van der Waals surface area contributed by atoms with Gasteiger partial charge in [-0.2, -0.15) is 0 Å². The molecule has 0 aliphatic heterocycles. The van der Waals surface area contributed by atoms with Crippen LogP contribution in [0, 0.1) is 11.6 Å². The Morgan fingerprint density at radius 2 is 1.94 bits per heavy atom. The maximum atomic E-state index is 13.3. The number of nitrogens with zero attached hydrogens (tertiary/aromatic N) is 1. The summed E-state index contributed by atoms with van der Waals surface area (Å²) < 4.78 is 26.7. The molecule has 5 heteroatoms. The lowest BCUT2D eigenvalue weighted by molar-refractivity contribution is -0.131. The van der Waals surface area contributed by atoms with Crippen molar-refractivity contribution in [2.24, 2.45) is 0 Å². The Kier molecular flexibility index (Phi) is 5.71. The van der Waals surface area contributed by atoms with Gasteiger partial charge in [0, 0.05) is 25.1 Å². The molecular formula is C13H17F2NO2. The zero-order valence-corrected chi connectivity index (χ0v) is 10.3. The molecule has 100 valence electrons. The van der Waals surface area contributed by atoms with E-state index in [1.54, 1.807) is 6.92 Å². The van der Waals surface area contributed by atoms with Crippen molar-refractivity contribution < 1.29 is 18.7 Å². The second kappa shape index (κ2) is 7.06. The summed E-state index contributed by atoms with van der Waals surface area (Å²) in [7, 11) is 0. The van der Waals surface area contributed by atoms with Crippen molar-refractivity contribution in [2.75, 3.05) is 19.7 Å². The van der Waals surface area contributed by atoms with Gasteiger partial charge in [-0.25, -0.2) is 8.78 Å². The lowest BCUT2D eigenvalue weighted by atomic mass is 10.1. The average molecular weight is 257 g/mol. The first-order chi connectivity index (χ1) is 8.60. The second-order valence-corrected chi connectivity index (χ2v) is 3.90. The zero-order chi connectivity index (χ0) is 13.5. The molecule has 3 nitrogen and oxygen atoms in total. The minimum Gasteiger partial charge on any atom is -0.395 e. The minimum atomic E-state index is -0.631. The molecule has 0 heterocycles. The van der Waals surface area contributed by atoms with Gasteiger partial charge in [0.1, 0.15) is 11.6 Å². The molecular weight excluding hydrogens is 240 g/mol. The van der Waals surface area contributed by atoms with Crippen molar-refractivity contribution in [1.29, 1.82) is 0 Å². The van der Waals surface area contributed by atoms with Crippen LogP contribution in [-0.2, 0) is 11.2 Å². The normalized spacial score (nSPS) is 10.4. The minimum absolute atomic E-state index is 0.0271. The van der Waals surface area contributed by atoms with Crippen LogP contribution in [0.5, 0.6) is 0 Å². The first-order valence-electron chi connectivity index (χ1n) is 5.91. The van der Waals surface area contributed by atoms with Gasteiger partial charge < -0.3 is 10.0 Å². The molecule has 0 aliphatic rings. The van der Waals surface area contributed by atoms with Crippen LogP contribution in [0.25, 0.3) is 0 Å². The Morgan fingerprint density at radius 1 is 1.33 bits per heavy atom. The summed E-state index contributed by atoms with van der Waals surface area (Å²) in [5.41, 5.74) is -0.0640. The van der Waals surface area contributed by atoms with E-state index in [-0.39, 0.29) is 37.5 Å². The molecule has 0 spiro atoms. The molecule has 18 heavy (non-hydrogen) atoms. The summed E-state index contributed by atoms with van der Waals surface area (Å²) in [6, 6.07) is 3.64. The maximum absolute atomic E-state index is 13.3. The van der Waals surface area contributed by atoms with E-state index in [0.29, 0.717) is 6.54 Å². The highest BCUT2D eigenvalue weighted by molar-refractivity contribution is 5.76. The third kappa shape index (κ3) is 3.77. The van der Waals surface area contributed by atoms with Crippen molar-refractivity contribution in [3.63, 3.8) is 0 Å². The van der Waals surface area contributed by atoms with E-state index >= 15 is 0 Å². The molecule has 0 radical (unpaired) electrons. The van der Waals surface area contributed by atoms with Crippen LogP contribution in [0.3, 0.4) is 0 Å². The maximum Gasteiger partial charge on any atom is 0.222 e. The van der Waals surface area contributed by atoms with Crippen LogP contribution in [0.15, 0.2) is 18.2 Å². The van der Waals surface area contributed by atoms with Gasteiger partial charge in [-0.05, 0) is 25.5 Å². The monoisotopic (exact) mass is 257 g/mol. The highest BCUT2D eigenvalue weighted by Crippen LogP contribution is 2.14. The Bertz CT molecular complexity index is 390. The predicted octanol–water partition coefficient (Wildman–Crippen LogP) is 1.74. The Hall–Kier alpha value is -1.49. The molecule has 0 saturated heterocycles. The Labute approximate surface area is 105 Å². The number of hydrogen-bond donors (Lipinski definition) is 1. The molecule has 0 atom stereocenters. The van der Waals surface area contributed by atoms with E-state index < -0.39 is 11.6 Å². The van der Waals surface area contributed by atoms with Crippen LogP contribution in [0.4, 0.5) is 8.78 Å². The van der Waals surface area contributed by atoms with Crippen LogP contribution in [-0.4, -0.2) is 35.6 Å². The number of hydrogen-bond acceptors (Lipinski definition) is 2. The molecule has 0 saturated carbocycles. The smallest absolute Gasteiger partial charge is 0.222 e. The van der Waals surface area contributed by atoms with Crippen molar-refractivity contribution in [1.82, 2.24) is 4.90 Å². The molecule has 0 aliphatic carbocycles. The van der Waals surface area contributed by atoms with Crippen molar-refractivity contribution >= 4 is 5.91 Å². The van der Waals surface area contributed by atoms with Gasteiger partial charge in [-0.3, -0.25) is 4.79 Å². The van der Waals surface area contributed by atoms with Crippen LogP contribution < -0.4 is 0 Å². The van der Waals surface area contributed by atoms with Crippen molar-refractivity contribution in [3.8, 4) is 0 Å². The quantitative estimate of drug-likeness (QED) is 0.843. The summed E-state index contributed by atoms with van der Waals surface area (Å²) in [6.45, 7) is 2.39. The van der Waals surface area contributed by atoms with E-state index in [0.717, 1.165) is 0 Å². The van der Waals surface area contributed by atoms with Crippen LogP contribution >= 0.6 is 0 Å². The number of halogens is 2. The van der Waals surface area contributed by atoms with Crippen LogP contribution in [0.1, 0.15) is 18.9 Å². The molecule has 1 aromatic carbocycles. The van der Waals surface area contributed by atoms with Crippen molar-refractivity contribution in [2.45, 2.75) is 19.8 Å². The molecule has 1 aromatic rings. The van der Waals surface area contributed by atoms with Gasteiger partial charge in [-0.1, -0.05) is 6.07 Å². The summed E-state index contributed by atoms with van der Waals surface area (Å²) in [6.07, 6.45) is 0.0605. The lowest BCUT2D eigenvalue weighted by Crippen LogP contribution is -2.33. The number of amides is 1. The SMILES string of the molecule is CCN(CCO)C(=O)CCc1c(F)cccc1F. The number of carbonyl (C=O) groups is 1. The first kappa shape index (κ1) is 14.6. The summed E-state index contributed by atoms with van der Waals surface area (Å²) in [5, 5.41) is 8.78. The predicted molar refractivity (Wildman–Crippen MR) is 64.0 cm³/mol. The fourth-order valence-corrected chi connectivity index (χ4v) is 1.74. The largest absolute Gasteiger partial charge is 0.395 e. The highest BCUT2D eigenvalue weighted by atomic mass is 19.1. The number of carbonyl (C=O) groups excluding carboxylic acids is 1. The van der Waals surface area contributed by atoms with E-state index in [4.69, 9.17) is 5.11 Å². The summed E-state index contributed by atoms with van der Waals surface area (Å²) in [4.78, 5) is 13.2. The molecule has 0 unspecified atom stereocenters. The average Bonchev–Trinajstić information content (AvgIpc) is 2.35. The molecule has 1 N–H and O–H groups in total. The van der Waals surface area contributed by atoms with E-state index in [1.807, 2.05) is 0 Å². The van der Waals surface area contributed by atoms with Gasteiger partial charge in [0.2, 0.25) is 5.91 Å². The summed E-state index contributed by atoms with van der Waals surface area (Å²) >= 11 is 0. The number of aliphatic hydroxyl groups is 1. The third-order valence-electron chi connectivity index (χ3n) is 2.75. The summed E-state index contributed by atoms with van der Waals surface area (Å²) in [5.74, 6) is -1.48. The number of rotatable bonds is 6. The van der Waals surface area contributed by atoms with E-state index in [1.165, 1.54) is 23.1 Å². The molecule has 0 fully saturated rings. The fraction of sp³-hybridized carbons (Fsp3) is 0.462. The number of benzene rings is 1. The molecule has 1 rings (SSSR count). The Morgan fingerprint density at radius 3 is 2.44 bits per heavy atom. The number of likely N-dealkylation sites (N-methyl/N-ethyl adjacent to an activating group) is 1. The third-order valence-corrected chi connectivity index (χ3v) is 2.75. The fourth-order valence-electron chi connectivity index (χ4n) is 1.74. The first-order valence-corrected chi connectivity index (χ1v) is 5.91. The second-order valence-electron chi connectivity index (χ2n) is 3.90. The van der Waals surface area contributed by atoms with Gasteiger partial charge in [0.25, 0.3) is 0 Å². The topological polar surface area (TPSA) is 40.5 Å². The zero-order valence-electron chi connectivity index (χ0n) is 10.3. The highest BCUT2D eigenvalue weighted by Gasteiger charge is 2.14. The standard InChI is InChI=1S/C13H17F2NO2/c1-2-16(8-9-17)13(18)7-6-10-11(14)4-3-5-12(10)15/h3-5,17H,2,6-9H2,1H3. The molecule has 0 aromatic heterocycles. The van der Waals surface area contributed by atoms with Gasteiger partial charge >= 0.3 is 0 Å². The lowest BCUT2D eigenvalue weighted by Gasteiger charge is -2.19. The van der Waals surface area contributed by atoms with Gasteiger partial charge in [0.05, 0.1) is 6.61 Å². The van der Waals surface area contributed by atoms with Gasteiger partial charge in [-0.15, -0.1) is 0 Å². The molecule has 0 bridgehead atoms. The van der Waals surface area contributed by atoms with Gasteiger partial charge in [0.15, 0.2) is 0 Å².